The molecular weight excluding hydrogens is 572 g/mol. The van der Waals surface area contributed by atoms with Gasteiger partial charge < -0.3 is 19.9 Å². The SMILES string of the molecule is C[C@H](NC1(c2ccc(-c3ccccc3)cc2)CCCCO1)C(=O)N[C@@H](CC(=O)O)C(=O)COc1c(F)c(F)cc(F)c1F. The zero-order valence-corrected chi connectivity index (χ0v) is 23.2. The third kappa shape index (κ3) is 7.57. The van der Waals surface area contributed by atoms with Crippen molar-refractivity contribution in [1.29, 1.82) is 0 Å². The molecule has 3 aromatic carbocycles. The van der Waals surface area contributed by atoms with Gasteiger partial charge in [-0.2, -0.15) is 8.78 Å². The van der Waals surface area contributed by atoms with Gasteiger partial charge in [-0.3, -0.25) is 19.7 Å². The van der Waals surface area contributed by atoms with Crippen molar-refractivity contribution in [2.75, 3.05) is 13.2 Å². The number of carbonyl (C=O) groups is 3. The summed E-state index contributed by atoms with van der Waals surface area (Å²) in [5.74, 6) is -12.0. The first-order chi connectivity index (χ1) is 20.5. The number of amides is 1. The summed E-state index contributed by atoms with van der Waals surface area (Å²) in [4.78, 5) is 37.3. The molecule has 228 valence electrons. The molecule has 0 aliphatic carbocycles. The van der Waals surface area contributed by atoms with Crippen molar-refractivity contribution >= 4 is 17.7 Å². The molecule has 1 amide bonds. The van der Waals surface area contributed by atoms with E-state index in [2.05, 4.69) is 15.4 Å². The first kappa shape index (κ1) is 31.6. The molecule has 0 bridgehead atoms. The molecule has 3 atom stereocenters. The van der Waals surface area contributed by atoms with Crippen LogP contribution in [0.2, 0.25) is 0 Å². The molecule has 1 aliphatic heterocycles. The zero-order chi connectivity index (χ0) is 31.1. The molecule has 0 spiro atoms. The molecule has 3 N–H and O–H groups in total. The number of hydrogen-bond acceptors (Lipinski definition) is 6. The molecule has 12 heteroatoms. The largest absolute Gasteiger partial charge is 0.481 e. The quantitative estimate of drug-likeness (QED) is 0.201. The molecule has 1 unspecified atom stereocenters. The van der Waals surface area contributed by atoms with E-state index in [9.17, 15) is 37.1 Å². The lowest BCUT2D eigenvalue weighted by atomic mass is 9.91. The highest BCUT2D eigenvalue weighted by Gasteiger charge is 2.38. The predicted molar refractivity (Wildman–Crippen MR) is 147 cm³/mol. The lowest BCUT2D eigenvalue weighted by Gasteiger charge is -2.40. The summed E-state index contributed by atoms with van der Waals surface area (Å²) in [5.41, 5.74) is 1.74. The fraction of sp³-hybridized carbons (Fsp3) is 0.323. The van der Waals surface area contributed by atoms with Gasteiger partial charge >= 0.3 is 5.97 Å². The number of carboxylic acid groups (broad SMARTS) is 1. The van der Waals surface area contributed by atoms with E-state index in [-0.39, 0.29) is 6.07 Å². The summed E-state index contributed by atoms with van der Waals surface area (Å²) in [6, 6.07) is 14.7. The second-order valence-electron chi connectivity index (χ2n) is 10.2. The maximum atomic E-state index is 13.9. The van der Waals surface area contributed by atoms with Crippen molar-refractivity contribution in [2.24, 2.45) is 0 Å². The molecule has 0 radical (unpaired) electrons. The number of aliphatic carboxylic acids is 1. The minimum Gasteiger partial charge on any atom is -0.481 e. The van der Waals surface area contributed by atoms with Crippen LogP contribution in [-0.4, -0.2) is 48.1 Å². The Morgan fingerprint density at radius 3 is 2.16 bits per heavy atom. The first-order valence-electron chi connectivity index (χ1n) is 13.6. The van der Waals surface area contributed by atoms with Crippen molar-refractivity contribution in [1.82, 2.24) is 10.6 Å². The Bertz CT molecular complexity index is 1440. The van der Waals surface area contributed by atoms with Crippen LogP contribution < -0.4 is 15.4 Å². The van der Waals surface area contributed by atoms with Gasteiger partial charge in [0.1, 0.15) is 18.4 Å². The second kappa shape index (κ2) is 13.8. The van der Waals surface area contributed by atoms with E-state index in [0.717, 1.165) is 29.5 Å². The molecule has 1 heterocycles. The summed E-state index contributed by atoms with van der Waals surface area (Å²) < 4.78 is 65.6. The summed E-state index contributed by atoms with van der Waals surface area (Å²) in [5, 5.41) is 14.8. The van der Waals surface area contributed by atoms with E-state index in [1.165, 1.54) is 6.92 Å². The molecule has 4 rings (SSSR count). The number of ether oxygens (including phenoxy) is 2. The van der Waals surface area contributed by atoms with Gasteiger partial charge in [0.05, 0.1) is 12.5 Å². The van der Waals surface area contributed by atoms with Gasteiger partial charge in [-0.05, 0) is 42.9 Å². The number of halogens is 4. The Morgan fingerprint density at radius 1 is 0.953 bits per heavy atom. The fourth-order valence-electron chi connectivity index (χ4n) is 4.84. The van der Waals surface area contributed by atoms with Crippen molar-refractivity contribution < 1.29 is 46.5 Å². The van der Waals surface area contributed by atoms with Gasteiger partial charge in [0, 0.05) is 12.7 Å². The number of ketones is 1. The Morgan fingerprint density at radius 2 is 1.58 bits per heavy atom. The van der Waals surface area contributed by atoms with E-state index in [1.807, 2.05) is 54.6 Å². The van der Waals surface area contributed by atoms with Crippen molar-refractivity contribution in [2.45, 2.75) is 50.4 Å². The normalized spacial score (nSPS) is 18.0. The summed E-state index contributed by atoms with van der Waals surface area (Å²) >= 11 is 0. The van der Waals surface area contributed by atoms with Gasteiger partial charge in [0.15, 0.2) is 23.2 Å². The van der Waals surface area contributed by atoms with E-state index in [1.54, 1.807) is 0 Å². The van der Waals surface area contributed by atoms with Crippen LogP contribution in [0.5, 0.6) is 5.75 Å². The second-order valence-corrected chi connectivity index (χ2v) is 10.2. The van der Waals surface area contributed by atoms with Crippen LogP contribution in [0.4, 0.5) is 17.6 Å². The fourth-order valence-corrected chi connectivity index (χ4v) is 4.84. The molecule has 8 nitrogen and oxygen atoms in total. The predicted octanol–water partition coefficient (Wildman–Crippen LogP) is 4.85. The van der Waals surface area contributed by atoms with E-state index < -0.39 is 77.5 Å². The molecule has 1 fully saturated rings. The Balaban J connectivity index is 1.47. The number of carbonyl (C=O) groups excluding carboxylic acids is 2. The maximum absolute atomic E-state index is 13.9. The Labute approximate surface area is 245 Å². The third-order valence-corrected chi connectivity index (χ3v) is 7.09. The van der Waals surface area contributed by atoms with E-state index in [0.29, 0.717) is 13.0 Å². The number of nitrogens with one attached hydrogen (secondary N) is 2. The van der Waals surface area contributed by atoms with Gasteiger partial charge in [0.25, 0.3) is 0 Å². The first-order valence-corrected chi connectivity index (χ1v) is 13.6. The van der Waals surface area contributed by atoms with E-state index >= 15 is 0 Å². The smallest absolute Gasteiger partial charge is 0.305 e. The maximum Gasteiger partial charge on any atom is 0.305 e. The van der Waals surface area contributed by atoms with Crippen molar-refractivity contribution in [3.8, 4) is 16.9 Å². The third-order valence-electron chi connectivity index (χ3n) is 7.09. The standard InChI is InChI=1S/C31H30F4N2O6/c1-18(37-31(13-5-6-14-43-31)21-11-9-20(10-12-21)19-7-3-2-4-8-19)30(41)36-24(16-26(39)40)25(38)17-42-29-27(34)22(32)15-23(33)28(29)35/h2-4,7-12,15,18,24,37H,5-6,13-14,16-17H2,1H3,(H,36,41)(H,39,40)/t18-,24-,31?/m0/s1. The van der Waals surface area contributed by atoms with Gasteiger partial charge in [-0.1, -0.05) is 54.6 Å². The molecule has 43 heavy (non-hydrogen) atoms. The lowest BCUT2D eigenvalue weighted by Crippen LogP contribution is -2.57. The highest BCUT2D eigenvalue weighted by atomic mass is 19.2. The number of hydrogen-bond donors (Lipinski definition) is 3. The molecule has 0 aromatic heterocycles. The van der Waals surface area contributed by atoms with Crippen LogP contribution >= 0.6 is 0 Å². The average Bonchev–Trinajstić information content (AvgIpc) is 3.00. The van der Waals surface area contributed by atoms with Crippen LogP contribution in [0.15, 0.2) is 60.7 Å². The van der Waals surface area contributed by atoms with Crippen LogP contribution in [0.1, 0.15) is 38.2 Å². The molecule has 1 saturated heterocycles. The summed E-state index contributed by atoms with van der Waals surface area (Å²) in [6.45, 7) is 0.761. The van der Waals surface area contributed by atoms with Gasteiger partial charge in [0.2, 0.25) is 17.5 Å². The van der Waals surface area contributed by atoms with Crippen LogP contribution in [0.25, 0.3) is 11.1 Å². The minimum absolute atomic E-state index is 0.0262. The number of benzene rings is 3. The minimum atomic E-state index is -1.86. The van der Waals surface area contributed by atoms with Crippen LogP contribution in [0, 0.1) is 23.3 Å². The molecular formula is C31H30F4N2O6. The summed E-state index contributed by atoms with van der Waals surface area (Å²) in [7, 11) is 0. The van der Waals surface area contributed by atoms with Crippen LogP contribution in [0.3, 0.4) is 0 Å². The molecule has 3 aromatic rings. The zero-order valence-electron chi connectivity index (χ0n) is 23.2. The van der Waals surface area contributed by atoms with Crippen molar-refractivity contribution in [3.63, 3.8) is 0 Å². The van der Waals surface area contributed by atoms with Gasteiger partial charge in [-0.25, -0.2) is 8.78 Å². The molecule has 0 saturated carbocycles. The number of rotatable bonds is 12. The highest BCUT2D eigenvalue weighted by Crippen LogP contribution is 2.34. The Hall–Kier alpha value is -4.29. The number of Topliss-reactive ketones (excluding diaryl/α,β-unsaturated/α-hetero) is 1. The van der Waals surface area contributed by atoms with Crippen LogP contribution in [-0.2, 0) is 24.8 Å². The van der Waals surface area contributed by atoms with Gasteiger partial charge in [-0.15, -0.1) is 0 Å². The Kier molecular flexibility index (Phi) is 10.1. The average molecular weight is 603 g/mol. The highest BCUT2D eigenvalue weighted by molar-refractivity contribution is 5.94. The lowest BCUT2D eigenvalue weighted by molar-refractivity contribution is -0.142. The summed E-state index contributed by atoms with van der Waals surface area (Å²) in [6.07, 6.45) is 1.26. The topological polar surface area (TPSA) is 114 Å². The van der Waals surface area contributed by atoms with Crippen molar-refractivity contribution in [3.05, 3.63) is 89.5 Å². The molecule has 1 aliphatic rings. The number of carboxylic acids is 1. The van der Waals surface area contributed by atoms with E-state index in [4.69, 9.17) is 4.74 Å². The monoisotopic (exact) mass is 602 g/mol.